The van der Waals surface area contributed by atoms with Crippen LogP contribution in [0.1, 0.15) is 26.2 Å². The number of nitrogens with zero attached hydrogens (tertiary/aromatic N) is 1. The van der Waals surface area contributed by atoms with Crippen molar-refractivity contribution in [1.82, 2.24) is 4.31 Å². The van der Waals surface area contributed by atoms with Crippen molar-refractivity contribution in [3.8, 4) is 0 Å². The van der Waals surface area contributed by atoms with Crippen LogP contribution in [0.15, 0.2) is 17.0 Å². The maximum atomic E-state index is 13.2. The third-order valence-corrected chi connectivity index (χ3v) is 6.48. The molecule has 0 spiro atoms. The van der Waals surface area contributed by atoms with Gasteiger partial charge in [-0.2, -0.15) is 4.31 Å². The molecule has 1 saturated heterocycles. The van der Waals surface area contributed by atoms with Crippen LogP contribution in [0.4, 0.5) is 4.39 Å². The molecule has 1 aromatic carbocycles. The Kier molecular flexibility index (Phi) is 6.92. The van der Waals surface area contributed by atoms with E-state index in [-0.39, 0.29) is 39.4 Å². The van der Waals surface area contributed by atoms with Crippen molar-refractivity contribution in [2.45, 2.75) is 43.2 Å². The largest absolute Gasteiger partial charge is 0.326 e. The minimum atomic E-state index is -3.91. The van der Waals surface area contributed by atoms with Crippen molar-refractivity contribution in [2.24, 2.45) is 5.73 Å². The first kappa shape index (κ1) is 19.9. The minimum Gasteiger partial charge on any atom is -0.326 e. The standard InChI is InChI=1S/C13H17Cl2FN2O2S.ClH/c1-8(17)12-4-2-3-5-18(12)21(19,20)13-10(14)6-9(16)7-11(13)15;/h6-8,12H,2-5,17H2,1H3;1H. The summed E-state index contributed by atoms with van der Waals surface area (Å²) in [5.41, 5.74) is 5.90. The zero-order valence-corrected chi connectivity index (χ0v) is 15.1. The van der Waals surface area contributed by atoms with E-state index in [9.17, 15) is 12.8 Å². The van der Waals surface area contributed by atoms with E-state index in [0.29, 0.717) is 13.0 Å². The fourth-order valence-corrected chi connectivity index (χ4v) is 5.56. The number of benzene rings is 1. The summed E-state index contributed by atoms with van der Waals surface area (Å²) in [7, 11) is -3.91. The average Bonchev–Trinajstić information content (AvgIpc) is 2.37. The monoisotopic (exact) mass is 390 g/mol. The van der Waals surface area contributed by atoms with Crippen LogP contribution in [0.2, 0.25) is 10.0 Å². The molecule has 2 unspecified atom stereocenters. The van der Waals surface area contributed by atoms with Gasteiger partial charge < -0.3 is 5.73 Å². The zero-order chi connectivity index (χ0) is 15.8. The van der Waals surface area contributed by atoms with Gasteiger partial charge in [0, 0.05) is 18.6 Å². The highest BCUT2D eigenvalue weighted by Gasteiger charge is 2.37. The van der Waals surface area contributed by atoms with Crippen LogP contribution in [0.3, 0.4) is 0 Å². The minimum absolute atomic E-state index is 0. The molecule has 0 amide bonds. The molecule has 2 N–H and O–H groups in total. The molecular formula is C13H18Cl3FN2O2S. The smallest absolute Gasteiger partial charge is 0.246 e. The van der Waals surface area contributed by atoms with Gasteiger partial charge in [0.15, 0.2) is 0 Å². The summed E-state index contributed by atoms with van der Waals surface area (Å²) in [6.45, 7) is 2.13. The lowest BCUT2D eigenvalue weighted by atomic mass is 10.00. The molecule has 0 bridgehead atoms. The Morgan fingerprint density at radius 3 is 2.36 bits per heavy atom. The topological polar surface area (TPSA) is 63.4 Å². The highest BCUT2D eigenvalue weighted by Crippen LogP contribution is 2.35. The second-order valence-electron chi connectivity index (χ2n) is 5.24. The van der Waals surface area contributed by atoms with Crippen LogP contribution in [0.25, 0.3) is 0 Å². The van der Waals surface area contributed by atoms with Crippen molar-refractivity contribution >= 4 is 45.6 Å². The van der Waals surface area contributed by atoms with Crippen LogP contribution in [0.5, 0.6) is 0 Å². The molecule has 1 heterocycles. The van der Waals surface area contributed by atoms with E-state index in [2.05, 4.69) is 0 Å². The van der Waals surface area contributed by atoms with Gasteiger partial charge in [-0.05, 0) is 31.9 Å². The number of rotatable bonds is 3. The normalized spacial score (nSPS) is 21.2. The van der Waals surface area contributed by atoms with E-state index in [4.69, 9.17) is 28.9 Å². The third kappa shape index (κ3) is 3.86. The van der Waals surface area contributed by atoms with Gasteiger partial charge >= 0.3 is 0 Å². The van der Waals surface area contributed by atoms with E-state index in [1.165, 1.54) is 4.31 Å². The summed E-state index contributed by atoms with van der Waals surface area (Å²) >= 11 is 11.8. The predicted molar refractivity (Wildman–Crippen MR) is 88.8 cm³/mol. The summed E-state index contributed by atoms with van der Waals surface area (Å²) in [6, 6.07) is 1.29. The Bertz CT molecular complexity index is 617. The van der Waals surface area contributed by atoms with E-state index in [1.807, 2.05) is 0 Å². The van der Waals surface area contributed by atoms with Gasteiger partial charge in [-0.1, -0.05) is 29.6 Å². The van der Waals surface area contributed by atoms with Gasteiger partial charge in [-0.15, -0.1) is 12.4 Å². The molecule has 1 aliphatic heterocycles. The van der Waals surface area contributed by atoms with Gasteiger partial charge in [0.05, 0.1) is 10.0 Å². The predicted octanol–water partition coefficient (Wildman–Crippen LogP) is 3.44. The van der Waals surface area contributed by atoms with Gasteiger partial charge in [0.1, 0.15) is 10.7 Å². The Hall–Kier alpha value is -0.110. The summed E-state index contributed by atoms with van der Waals surface area (Å²) in [4.78, 5) is -0.250. The molecule has 22 heavy (non-hydrogen) atoms. The molecule has 126 valence electrons. The summed E-state index contributed by atoms with van der Waals surface area (Å²) in [5, 5.41) is -0.428. The van der Waals surface area contributed by atoms with Gasteiger partial charge in [0.25, 0.3) is 0 Å². The fraction of sp³-hybridized carbons (Fsp3) is 0.538. The highest BCUT2D eigenvalue weighted by atomic mass is 35.5. The first-order chi connectivity index (χ1) is 9.75. The number of nitrogens with two attached hydrogens (primary N) is 1. The Morgan fingerprint density at radius 2 is 1.86 bits per heavy atom. The SMILES string of the molecule is CC(N)C1CCCCN1S(=O)(=O)c1c(Cl)cc(F)cc1Cl.Cl. The first-order valence-corrected chi connectivity index (χ1v) is 8.86. The average molecular weight is 392 g/mol. The van der Waals surface area contributed by atoms with E-state index >= 15 is 0 Å². The van der Waals surface area contributed by atoms with Crippen molar-refractivity contribution in [2.75, 3.05) is 6.54 Å². The second-order valence-corrected chi connectivity index (χ2v) is 7.88. The summed E-state index contributed by atoms with van der Waals surface area (Å²) in [5.74, 6) is -0.675. The summed E-state index contributed by atoms with van der Waals surface area (Å²) < 4.78 is 40.3. The van der Waals surface area contributed by atoms with Crippen molar-refractivity contribution < 1.29 is 12.8 Å². The lowest BCUT2D eigenvalue weighted by molar-refractivity contribution is 0.227. The molecule has 1 aromatic rings. The molecule has 9 heteroatoms. The van der Waals surface area contributed by atoms with Crippen LogP contribution < -0.4 is 5.73 Å². The second kappa shape index (κ2) is 7.64. The third-order valence-electron chi connectivity index (χ3n) is 3.63. The molecule has 0 aromatic heterocycles. The molecule has 2 rings (SSSR count). The number of piperidine rings is 1. The molecular weight excluding hydrogens is 374 g/mol. The summed E-state index contributed by atoms with van der Waals surface area (Å²) in [6.07, 6.45) is 2.36. The number of hydrogen-bond donors (Lipinski definition) is 1. The zero-order valence-electron chi connectivity index (χ0n) is 11.9. The molecule has 4 nitrogen and oxygen atoms in total. The van der Waals surface area contributed by atoms with Crippen LogP contribution in [-0.2, 0) is 10.0 Å². The van der Waals surface area contributed by atoms with E-state index < -0.39 is 15.8 Å². The Morgan fingerprint density at radius 1 is 1.32 bits per heavy atom. The van der Waals surface area contributed by atoms with Crippen molar-refractivity contribution in [3.05, 3.63) is 28.0 Å². The molecule has 1 fully saturated rings. The van der Waals surface area contributed by atoms with Crippen molar-refractivity contribution in [1.29, 1.82) is 0 Å². The maximum Gasteiger partial charge on any atom is 0.246 e. The van der Waals surface area contributed by atoms with E-state index in [1.54, 1.807) is 6.92 Å². The van der Waals surface area contributed by atoms with Crippen LogP contribution in [-0.4, -0.2) is 31.4 Å². The lowest BCUT2D eigenvalue weighted by Crippen LogP contribution is -2.51. The number of halogens is 4. The van der Waals surface area contributed by atoms with Gasteiger partial charge in [-0.25, -0.2) is 12.8 Å². The quantitative estimate of drug-likeness (QED) is 0.858. The Balaban J connectivity index is 0.00000242. The van der Waals surface area contributed by atoms with E-state index in [0.717, 1.165) is 25.0 Å². The van der Waals surface area contributed by atoms with Gasteiger partial charge in [0.2, 0.25) is 10.0 Å². The highest BCUT2D eigenvalue weighted by molar-refractivity contribution is 7.89. The fourth-order valence-electron chi connectivity index (χ4n) is 2.65. The first-order valence-electron chi connectivity index (χ1n) is 6.67. The van der Waals surface area contributed by atoms with Crippen LogP contribution in [0, 0.1) is 5.82 Å². The molecule has 1 aliphatic rings. The van der Waals surface area contributed by atoms with Crippen molar-refractivity contribution in [3.63, 3.8) is 0 Å². The maximum absolute atomic E-state index is 13.2. The number of hydrogen-bond acceptors (Lipinski definition) is 3. The molecule has 0 aliphatic carbocycles. The molecule has 2 atom stereocenters. The molecule has 0 radical (unpaired) electrons. The molecule has 0 saturated carbocycles. The lowest BCUT2D eigenvalue weighted by Gasteiger charge is -2.37. The Labute approximate surface area is 146 Å². The number of sulfonamides is 1. The van der Waals surface area contributed by atoms with Crippen LogP contribution >= 0.6 is 35.6 Å². The van der Waals surface area contributed by atoms with Gasteiger partial charge in [-0.3, -0.25) is 0 Å².